The molecule has 66 heavy (non-hydrogen) atoms. The van der Waals surface area contributed by atoms with Gasteiger partial charge in [0, 0.05) is 87.6 Å². The van der Waals surface area contributed by atoms with Crippen LogP contribution in [0.15, 0.2) is 171 Å². The molecule has 1 aliphatic carbocycles. The summed E-state index contributed by atoms with van der Waals surface area (Å²) in [6.07, 6.45) is 21.4. The predicted octanol–water partition coefficient (Wildman–Crippen LogP) is 4.20. The summed E-state index contributed by atoms with van der Waals surface area (Å²) >= 11 is 0. The maximum Gasteiger partial charge on any atom is 0.169 e. The molecule has 8 bridgehead atoms. The Bertz CT molecular complexity index is 2530. The van der Waals surface area contributed by atoms with Gasteiger partial charge < -0.3 is 44.5 Å². The van der Waals surface area contributed by atoms with Crippen molar-refractivity contribution in [2.45, 2.75) is 64.5 Å². The second kappa shape index (κ2) is 22.9. The number of aromatic nitrogens is 4. The van der Waals surface area contributed by atoms with E-state index in [9.17, 15) is 10.2 Å². The van der Waals surface area contributed by atoms with E-state index in [1.165, 1.54) is 11.1 Å². The van der Waals surface area contributed by atoms with Gasteiger partial charge in [-0.1, -0.05) is 72.8 Å². The number of phenols is 2. The normalized spacial score (nSPS) is 11.8. The van der Waals surface area contributed by atoms with Crippen LogP contribution < -0.4 is 43.4 Å². The quantitative estimate of drug-likeness (QED) is 0.126. The molecule has 2 N–H and O–H groups in total. The molecule has 8 nitrogen and oxygen atoms in total. The number of aryl methyl sites for hydroxylation is 2. The number of pyridine rings is 4. The number of rotatable bonds is 14. The maximum atomic E-state index is 11.9. The lowest BCUT2D eigenvalue weighted by atomic mass is 9.91. The lowest BCUT2D eigenvalue weighted by Crippen LogP contribution is -3.00. The van der Waals surface area contributed by atoms with E-state index in [0.29, 0.717) is 50.4 Å². The summed E-state index contributed by atoms with van der Waals surface area (Å²) in [5.74, 6) is 2.23. The Morgan fingerprint density at radius 1 is 0.379 bits per heavy atom. The summed E-state index contributed by atoms with van der Waals surface area (Å²) in [5.41, 5.74) is 12.0. The van der Waals surface area contributed by atoms with Crippen molar-refractivity contribution in [1.29, 1.82) is 0 Å². The van der Waals surface area contributed by atoms with Crippen molar-refractivity contribution >= 4 is 0 Å². The van der Waals surface area contributed by atoms with E-state index in [0.717, 1.165) is 106 Å². The van der Waals surface area contributed by atoms with Gasteiger partial charge in [-0.3, -0.25) is 9.97 Å². The number of halogens is 2. The number of hydrogen-bond donors (Lipinski definition) is 2. The molecule has 0 aliphatic heterocycles. The predicted molar refractivity (Wildman–Crippen MR) is 250 cm³/mol. The second-order valence-corrected chi connectivity index (χ2v) is 16.6. The Hall–Kier alpha value is -6.74. The van der Waals surface area contributed by atoms with Gasteiger partial charge in [-0.15, -0.1) is 0 Å². The van der Waals surface area contributed by atoms with Crippen molar-refractivity contribution in [3.63, 3.8) is 0 Å². The maximum absolute atomic E-state index is 11.9. The Morgan fingerprint density at radius 2 is 0.667 bits per heavy atom. The number of nitrogens with zero attached hydrogens (tertiary/aromatic N) is 4. The van der Waals surface area contributed by atoms with Gasteiger partial charge in [0.1, 0.15) is 36.1 Å². The van der Waals surface area contributed by atoms with Crippen LogP contribution in [0, 0.1) is 0 Å². The van der Waals surface area contributed by atoms with Gasteiger partial charge in [-0.2, -0.15) is 0 Å². The Kier molecular flexibility index (Phi) is 16.4. The van der Waals surface area contributed by atoms with Gasteiger partial charge in [-0.05, 0) is 104 Å². The average molecular weight is 918 g/mol. The zero-order valence-electron chi connectivity index (χ0n) is 36.9. The minimum absolute atomic E-state index is 0. The Morgan fingerprint density at radius 3 is 0.985 bits per heavy atom. The number of para-hydroxylation sites is 4. The van der Waals surface area contributed by atoms with E-state index >= 15 is 0 Å². The van der Waals surface area contributed by atoms with Gasteiger partial charge in [-0.25, -0.2) is 9.13 Å². The van der Waals surface area contributed by atoms with Gasteiger partial charge in [0.05, 0.1) is 13.2 Å². The van der Waals surface area contributed by atoms with Crippen LogP contribution in [0.5, 0.6) is 23.0 Å². The zero-order valence-corrected chi connectivity index (χ0v) is 38.4. The smallest absolute Gasteiger partial charge is 0.169 e. The van der Waals surface area contributed by atoms with Crippen LogP contribution in [0.3, 0.4) is 0 Å². The van der Waals surface area contributed by atoms with Crippen LogP contribution in [-0.4, -0.2) is 33.4 Å². The fraction of sp³-hybridized carbons (Fsp3) is 0.214. The molecule has 0 unspecified atom stereocenters. The van der Waals surface area contributed by atoms with Crippen LogP contribution >= 0.6 is 0 Å². The highest BCUT2D eigenvalue weighted by molar-refractivity contribution is 5.62. The number of benzene rings is 4. The SMILES string of the molecule is Oc1c2cccc1Cc1cccc(c1OCCCC[n+]1ccc(-c3ccncc3)cc1)Cc1cccc(c1O)Cc1cccc(c1OCCCC[n+]1ccc(-c3ccncc3)cc1)C2.[Cl-].[Cl-]. The third kappa shape index (κ3) is 11.6. The first-order valence-corrected chi connectivity index (χ1v) is 22.4. The lowest BCUT2D eigenvalue weighted by Gasteiger charge is -2.20. The van der Waals surface area contributed by atoms with E-state index < -0.39 is 0 Å². The molecule has 0 saturated heterocycles. The minimum Gasteiger partial charge on any atom is -1.00 e. The standard InChI is InChI=1S/C56H52N4O4.2ClH/c61-53-45-9-5-11-47(53)39-51-15-8-16-52(56(51)64-36-4-2-30-60-33-23-44(24-34-60)42-19-27-58-28-20-42)40-48-12-6-10-46(54(48)62)38-50-14-7-13-49(37-45)55(50)63-35-3-1-29-59-31-21-43(22-32-59)41-17-25-57-26-18-41;;/h5-28,31-34H,1-4,29-30,35-40H2;2*1H. The van der Waals surface area contributed by atoms with Crippen molar-refractivity contribution in [2.24, 2.45) is 0 Å². The summed E-state index contributed by atoms with van der Waals surface area (Å²) in [6.45, 7) is 2.86. The topological polar surface area (TPSA) is 92.5 Å². The third-order valence-corrected chi connectivity index (χ3v) is 12.2. The lowest BCUT2D eigenvalue weighted by molar-refractivity contribution is -0.697. The first-order valence-electron chi connectivity index (χ1n) is 22.4. The van der Waals surface area contributed by atoms with Gasteiger partial charge in [0.15, 0.2) is 24.8 Å². The molecule has 1 aliphatic rings. The number of phenolic OH excluding ortho intramolecular Hbond substituents is 2. The fourth-order valence-electron chi connectivity index (χ4n) is 8.71. The highest BCUT2D eigenvalue weighted by Gasteiger charge is 2.20. The molecule has 0 spiro atoms. The van der Waals surface area contributed by atoms with Gasteiger partial charge in [0.25, 0.3) is 0 Å². The Balaban J connectivity index is 0.00000324. The highest BCUT2D eigenvalue weighted by Crippen LogP contribution is 2.38. The molecule has 0 saturated carbocycles. The van der Waals surface area contributed by atoms with Crippen molar-refractivity contribution in [3.8, 4) is 45.3 Å². The summed E-state index contributed by atoms with van der Waals surface area (Å²) < 4.78 is 17.8. The third-order valence-electron chi connectivity index (χ3n) is 12.2. The van der Waals surface area contributed by atoms with Crippen LogP contribution in [0.4, 0.5) is 0 Å². The molecule has 0 fully saturated rings. The molecule has 0 atom stereocenters. The van der Waals surface area contributed by atoms with Crippen LogP contribution in [0.2, 0.25) is 0 Å². The molecular formula is C56H54Cl2N4O4. The first-order chi connectivity index (χ1) is 31.6. The summed E-state index contributed by atoms with van der Waals surface area (Å²) in [6, 6.07) is 41.2. The number of aromatic hydroxyl groups is 2. The largest absolute Gasteiger partial charge is 1.00 e. The molecular weight excluding hydrogens is 864 g/mol. The van der Waals surface area contributed by atoms with Gasteiger partial charge in [0.2, 0.25) is 0 Å². The number of hydrogen-bond acceptors (Lipinski definition) is 6. The molecule has 4 aromatic carbocycles. The summed E-state index contributed by atoms with van der Waals surface area (Å²) in [5, 5.41) is 23.8. The van der Waals surface area contributed by atoms with Crippen LogP contribution in [0.25, 0.3) is 22.3 Å². The van der Waals surface area contributed by atoms with E-state index in [4.69, 9.17) is 9.47 Å². The van der Waals surface area contributed by atoms with Crippen LogP contribution in [-0.2, 0) is 38.8 Å². The van der Waals surface area contributed by atoms with E-state index in [1.807, 2.05) is 85.5 Å². The summed E-state index contributed by atoms with van der Waals surface area (Å²) in [7, 11) is 0. The monoisotopic (exact) mass is 916 g/mol. The molecule has 0 amide bonds. The fourth-order valence-corrected chi connectivity index (χ4v) is 8.71. The first kappa shape index (κ1) is 47.2. The molecule has 4 heterocycles. The molecule has 4 aromatic heterocycles. The second-order valence-electron chi connectivity index (χ2n) is 16.6. The van der Waals surface area contributed by atoms with E-state index in [2.05, 4.69) is 105 Å². The minimum atomic E-state index is 0. The van der Waals surface area contributed by atoms with Crippen molar-refractivity contribution in [1.82, 2.24) is 9.97 Å². The molecule has 8 aromatic rings. The number of ether oxygens (including phenoxy) is 2. The van der Waals surface area contributed by atoms with Crippen LogP contribution in [0.1, 0.15) is 70.2 Å². The molecule has 0 radical (unpaired) electrons. The number of fused-ring (bicyclic) bond motifs is 8. The molecule has 9 rings (SSSR count). The number of unbranched alkanes of at least 4 members (excludes halogenated alkanes) is 2. The highest BCUT2D eigenvalue weighted by atomic mass is 35.5. The Labute approximate surface area is 400 Å². The van der Waals surface area contributed by atoms with E-state index in [1.54, 1.807) is 0 Å². The summed E-state index contributed by atoms with van der Waals surface area (Å²) in [4.78, 5) is 8.27. The average Bonchev–Trinajstić information content (AvgIpc) is 3.33. The van der Waals surface area contributed by atoms with Gasteiger partial charge >= 0.3 is 0 Å². The molecule has 10 heteroatoms. The van der Waals surface area contributed by atoms with Crippen molar-refractivity contribution < 1.29 is 53.6 Å². The molecule has 336 valence electrons. The van der Waals surface area contributed by atoms with E-state index in [-0.39, 0.29) is 24.8 Å². The van der Waals surface area contributed by atoms with Crippen molar-refractivity contribution in [3.05, 3.63) is 215 Å². The van der Waals surface area contributed by atoms with Crippen molar-refractivity contribution in [2.75, 3.05) is 13.2 Å². The zero-order chi connectivity index (χ0) is 43.5.